The monoisotopic (exact) mass is 304 g/mol. The largest absolute Gasteiger partial charge is 0.508 e. The van der Waals surface area contributed by atoms with Crippen LogP contribution in [0.25, 0.3) is 0 Å². The summed E-state index contributed by atoms with van der Waals surface area (Å²) in [5.41, 5.74) is 11.6. The number of anilines is 4. The molecular weight excluding hydrogens is 284 g/mol. The summed E-state index contributed by atoms with van der Waals surface area (Å²) in [5, 5.41) is 9.95. The molecule has 0 fully saturated rings. The molecule has 116 valence electrons. The topological polar surface area (TPSA) is 49.5 Å². The molecule has 0 amide bonds. The van der Waals surface area contributed by atoms with Crippen LogP contribution in [0.2, 0.25) is 0 Å². The minimum Gasteiger partial charge on any atom is -0.508 e. The normalized spacial score (nSPS) is 10.5. The van der Waals surface area contributed by atoms with Crippen molar-refractivity contribution in [2.45, 2.75) is 13.8 Å². The maximum atomic E-state index is 9.95. The molecule has 3 aromatic rings. The Balaban J connectivity index is 2.21. The maximum absolute atomic E-state index is 9.95. The molecule has 0 aliphatic rings. The van der Waals surface area contributed by atoms with Crippen molar-refractivity contribution in [1.82, 2.24) is 0 Å². The zero-order valence-electron chi connectivity index (χ0n) is 13.3. The predicted molar refractivity (Wildman–Crippen MR) is 96.7 cm³/mol. The van der Waals surface area contributed by atoms with Crippen LogP contribution in [0.5, 0.6) is 5.75 Å². The van der Waals surface area contributed by atoms with Crippen LogP contribution < -0.4 is 10.6 Å². The summed E-state index contributed by atoms with van der Waals surface area (Å²) >= 11 is 0. The minimum atomic E-state index is 0.316. The highest BCUT2D eigenvalue weighted by molar-refractivity contribution is 5.80. The number of phenolic OH excluding ortho intramolecular Hbond substituents is 1. The van der Waals surface area contributed by atoms with E-state index in [0.717, 1.165) is 33.9 Å². The summed E-state index contributed by atoms with van der Waals surface area (Å²) in [6.07, 6.45) is 0. The maximum Gasteiger partial charge on any atom is 0.118 e. The molecule has 0 atom stereocenters. The molecule has 0 aromatic heterocycles. The van der Waals surface area contributed by atoms with Gasteiger partial charge >= 0.3 is 0 Å². The predicted octanol–water partition coefficient (Wildman–Crippen LogP) is 5.06. The van der Waals surface area contributed by atoms with Crippen LogP contribution in [0.3, 0.4) is 0 Å². The first-order valence-corrected chi connectivity index (χ1v) is 7.58. The fraction of sp³-hybridized carbons (Fsp3) is 0.100. The van der Waals surface area contributed by atoms with Crippen molar-refractivity contribution in [3.63, 3.8) is 0 Å². The fourth-order valence-electron chi connectivity index (χ4n) is 2.66. The van der Waals surface area contributed by atoms with Crippen LogP contribution in [0, 0.1) is 13.8 Å². The molecule has 0 bridgehead atoms. The summed E-state index contributed by atoms with van der Waals surface area (Å²) < 4.78 is 0. The lowest BCUT2D eigenvalue weighted by Gasteiger charge is -2.28. The summed E-state index contributed by atoms with van der Waals surface area (Å²) in [5.74, 6) is 0.316. The average molecular weight is 304 g/mol. The Morgan fingerprint density at radius 2 is 1.35 bits per heavy atom. The molecule has 0 saturated carbocycles. The van der Waals surface area contributed by atoms with Gasteiger partial charge in [-0.2, -0.15) is 0 Å². The Morgan fingerprint density at radius 1 is 0.739 bits per heavy atom. The Bertz CT molecular complexity index is 811. The third-order valence-corrected chi connectivity index (χ3v) is 4.14. The molecule has 3 nitrogen and oxygen atoms in total. The number of para-hydroxylation sites is 1. The van der Waals surface area contributed by atoms with Crippen LogP contribution in [0.15, 0.2) is 66.7 Å². The Hall–Kier alpha value is -2.94. The number of nitrogen functional groups attached to an aromatic ring is 1. The van der Waals surface area contributed by atoms with Gasteiger partial charge in [0.1, 0.15) is 5.75 Å². The van der Waals surface area contributed by atoms with Crippen molar-refractivity contribution in [2.75, 3.05) is 10.6 Å². The van der Waals surface area contributed by atoms with Gasteiger partial charge in [-0.15, -0.1) is 0 Å². The number of nitrogens with two attached hydrogens (primary N) is 1. The van der Waals surface area contributed by atoms with Crippen molar-refractivity contribution >= 4 is 22.7 Å². The van der Waals surface area contributed by atoms with E-state index in [9.17, 15) is 5.11 Å². The highest BCUT2D eigenvalue weighted by Crippen LogP contribution is 2.39. The van der Waals surface area contributed by atoms with Crippen molar-refractivity contribution < 1.29 is 5.11 Å². The number of rotatable bonds is 3. The van der Waals surface area contributed by atoms with E-state index in [1.54, 1.807) is 6.07 Å². The quantitative estimate of drug-likeness (QED) is 0.665. The molecule has 3 aromatic carbocycles. The van der Waals surface area contributed by atoms with Crippen molar-refractivity contribution in [3.8, 4) is 5.75 Å². The van der Waals surface area contributed by atoms with Crippen LogP contribution in [-0.4, -0.2) is 5.11 Å². The number of hydrogen-bond acceptors (Lipinski definition) is 3. The number of phenols is 1. The zero-order chi connectivity index (χ0) is 16.4. The van der Waals surface area contributed by atoms with E-state index in [-0.39, 0.29) is 0 Å². The highest BCUT2D eigenvalue weighted by Gasteiger charge is 2.16. The minimum absolute atomic E-state index is 0.316. The van der Waals surface area contributed by atoms with Crippen LogP contribution in [0.4, 0.5) is 22.7 Å². The van der Waals surface area contributed by atoms with Crippen molar-refractivity contribution in [2.24, 2.45) is 0 Å². The first-order chi connectivity index (χ1) is 11.1. The Labute approximate surface area is 136 Å². The van der Waals surface area contributed by atoms with Crippen molar-refractivity contribution in [3.05, 3.63) is 77.9 Å². The number of nitrogens with zero attached hydrogens (tertiary/aromatic N) is 1. The summed E-state index contributed by atoms with van der Waals surface area (Å²) in [6.45, 7) is 3.96. The van der Waals surface area contributed by atoms with Crippen LogP contribution in [0.1, 0.15) is 11.1 Å². The third-order valence-electron chi connectivity index (χ3n) is 4.14. The molecular formula is C20H20N2O. The molecule has 3 rings (SSSR count). The smallest absolute Gasteiger partial charge is 0.118 e. The van der Waals surface area contributed by atoms with Gasteiger partial charge in [-0.3, -0.25) is 0 Å². The van der Waals surface area contributed by atoms with Crippen LogP contribution in [-0.2, 0) is 0 Å². The summed E-state index contributed by atoms with van der Waals surface area (Å²) in [6, 6.07) is 21.7. The molecule has 0 saturated heterocycles. The highest BCUT2D eigenvalue weighted by atomic mass is 16.3. The first kappa shape index (κ1) is 15.0. The average Bonchev–Trinajstić information content (AvgIpc) is 2.58. The standard InChI is InChI=1S/C20H20N2O/c1-14-15(2)20(23)13-12-19(14)22(17-6-4-3-5-7-17)18-10-8-16(21)9-11-18/h3-13,23H,21H2,1-2H3. The molecule has 23 heavy (non-hydrogen) atoms. The molecule has 0 aliphatic heterocycles. The second-order valence-electron chi connectivity index (χ2n) is 5.62. The first-order valence-electron chi connectivity index (χ1n) is 7.58. The SMILES string of the molecule is Cc1c(O)ccc(N(c2ccccc2)c2ccc(N)cc2)c1C. The molecule has 0 radical (unpaired) electrons. The van der Waals surface area contributed by atoms with E-state index in [1.165, 1.54) is 0 Å². The second kappa shape index (κ2) is 6.05. The van der Waals surface area contributed by atoms with Crippen molar-refractivity contribution in [1.29, 1.82) is 0 Å². The van der Waals surface area contributed by atoms with E-state index in [1.807, 2.05) is 62.4 Å². The van der Waals surface area contributed by atoms with Crippen LogP contribution >= 0.6 is 0 Å². The molecule has 0 spiro atoms. The zero-order valence-corrected chi connectivity index (χ0v) is 13.3. The van der Waals surface area contributed by atoms with E-state index in [2.05, 4.69) is 17.0 Å². The molecule has 3 heteroatoms. The third kappa shape index (κ3) is 2.86. The van der Waals surface area contributed by atoms with E-state index in [4.69, 9.17) is 5.73 Å². The van der Waals surface area contributed by atoms with Gasteiger partial charge in [0, 0.05) is 22.7 Å². The van der Waals surface area contributed by atoms with Gasteiger partial charge in [0.05, 0.1) is 0 Å². The van der Waals surface area contributed by atoms with Gasteiger partial charge in [-0.25, -0.2) is 0 Å². The molecule has 0 unspecified atom stereocenters. The van der Waals surface area contributed by atoms with Gasteiger partial charge in [0.2, 0.25) is 0 Å². The van der Waals surface area contributed by atoms with Gasteiger partial charge in [-0.05, 0) is 73.5 Å². The second-order valence-corrected chi connectivity index (χ2v) is 5.62. The number of hydrogen-bond donors (Lipinski definition) is 2. The fourth-order valence-corrected chi connectivity index (χ4v) is 2.66. The van der Waals surface area contributed by atoms with Gasteiger partial charge in [-0.1, -0.05) is 18.2 Å². The molecule has 0 aliphatic carbocycles. The number of aromatic hydroxyl groups is 1. The molecule has 0 heterocycles. The lowest BCUT2D eigenvalue weighted by atomic mass is 10.0. The van der Waals surface area contributed by atoms with E-state index >= 15 is 0 Å². The van der Waals surface area contributed by atoms with Gasteiger partial charge in [0.15, 0.2) is 0 Å². The van der Waals surface area contributed by atoms with E-state index < -0.39 is 0 Å². The van der Waals surface area contributed by atoms with Gasteiger partial charge in [0.25, 0.3) is 0 Å². The van der Waals surface area contributed by atoms with E-state index in [0.29, 0.717) is 5.75 Å². The molecule has 3 N–H and O–H groups in total. The summed E-state index contributed by atoms with van der Waals surface area (Å²) in [7, 11) is 0. The lowest BCUT2D eigenvalue weighted by molar-refractivity contribution is 0.470. The Kier molecular flexibility index (Phi) is 3.94. The summed E-state index contributed by atoms with van der Waals surface area (Å²) in [4.78, 5) is 2.17. The van der Waals surface area contributed by atoms with Gasteiger partial charge < -0.3 is 15.7 Å². The lowest BCUT2D eigenvalue weighted by Crippen LogP contribution is -2.11. The number of benzene rings is 3. The Morgan fingerprint density at radius 3 is 2.00 bits per heavy atom.